The first-order valence-corrected chi connectivity index (χ1v) is 22.8. The van der Waals surface area contributed by atoms with Gasteiger partial charge in [-0.1, -0.05) is 194 Å². The molecular formula is C64H39NO. The average molecular weight is 838 g/mol. The van der Waals surface area contributed by atoms with E-state index in [2.05, 4.69) is 241 Å². The summed E-state index contributed by atoms with van der Waals surface area (Å²) in [5.74, 6) is 0. The first kappa shape index (κ1) is 36.7. The Morgan fingerprint density at radius 3 is 1.30 bits per heavy atom. The lowest BCUT2D eigenvalue weighted by Crippen LogP contribution is -1.96. The zero-order valence-corrected chi connectivity index (χ0v) is 35.9. The molecule has 2 heteroatoms. The molecule has 0 radical (unpaired) electrons. The van der Waals surface area contributed by atoms with Crippen LogP contribution in [0.15, 0.2) is 241 Å². The minimum absolute atomic E-state index is 0.880. The van der Waals surface area contributed by atoms with Gasteiger partial charge in [-0.25, -0.2) is 0 Å². The third-order valence-corrected chi connectivity index (χ3v) is 14.0. The van der Waals surface area contributed by atoms with E-state index in [4.69, 9.17) is 4.42 Å². The summed E-state index contributed by atoms with van der Waals surface area (Å²) in [6.45, 7) is 0. The number of hydrogen-bond acceptors (Lipinski definition) is 1. The van der Waals surface area contributed by atoms with Gasteiger partial charge in [-0.2, -0.15) is 0 Å². The van der Waals surface area contributed by atoms with Crippen LogP contribution in [0.4, 0.5) is 0 Å². The Labute approximate surface area is 380 Å². The Balaban J connectivity index is 0.977. The van der Waals surface area contributed by atoms with Crippen molar-refractivity contribution in [3.8, 4) is 50.2 Å². The van der Waals surface area contributed by atoms with Crippen LogP contribution in [-0.2, 0) is 0 Å². The van der Waals surface area contributed by atoms with Gasteiger partial charge in [0.25, 0.3) is 0 Å². The molecule has 2 nitrogen and oxygen atoms in total. The van der Waals surface area contributed by atoms with Gasteiger partial charge in [0, 0.05) is 32.8 Å². The summed E-state index contributed by atoms with van der Waals surface area (Å²) in [7, 11) is 0. The molecule has 66 heavy (non-hydrogen) atoms. The zero-order chi connectivity index (χ0) is 43.3. The molecule has 0 N–H and O–H groups in total. The molecule has 0 bridgehead atoms. The Bertz CT molecular complexity index is 4160. The predicted molar refractivity (Wildman–Crippen MR) is 280 cm³/mol. The van der Waals surface area contributed by atoms with E-state index in [-0.39, 0.29) is 0 Å². The minimum atomic E-state index is 0.880. The van der Waals surface area contributed by atoms with E-state index >= 15 is 0 Å². The number of nitrogens with zero attached hydrogens (tertiary/aromatic N) is 1. The van der Waals surface area contributed by atoms with Gasteiger partial charge in [0.15, 0.2) is 0 Å². The molecule has 12 aromatic carbocycles. The Morgan fingerprint density at radius 2 is 0.712 bits per heavy atom. The summed E-state index contributed by atoms with van der Waals surface area (Å²) in [6, 6.07) is 86.4. The zero-order valence-electron chi connectivity index (χ0n) is 35.9. The normalized spacial score (nSPS) is 11.9. The predicted octanol–water partition coefficient (Wildman–Crippen LogP) is 18.0. The number of hydrogen-bond donors (Lipinski definition) is 0. The van der Waals surface area contributed by atoms with Crippen LogP contribution in [0, 0.1) is 0 Å². The van der Waals surface area contributed by atoms with Crippen molar-refractivity contribution in [2.45, 2.75) is 0 Å². The SMILES string of the molecule is c1ccc(-c2c3ccccc3c(-c3ccc4c(c3)oc3ccc(-c5c6ccccc6c(-c6cccc7c8ccccc8n(-c8ccccc8)c67)c6ccccc56)cc34)c3ccccc23)cc1. The molecule has 0 unspecified atom stereocenters. The van der Waals surface area contributed by atoms with Gasteiger partial charge in [-0.3, -0.25) is 0 Å². The third kappa shape index (κ3) is 5.36. The molecule has 0 saturated heterocycles. The van der Waals surface area contributed by atoms with E-state index in [0.717, 1.165) is 33.2 Å². The van der Waals surface area contributed by atoms with E-state index in [1.54, 1.807) is 0 Å². The lowest BCUT2D eigenvalue weighted by Gasteiger charge is -2.19. The first-order chi connectivity index (χ1) is 32.8. The molecule has 0 aliphatic heterocycles. The van der Waals surface area contributed by atoms with E-state index in [1.807, 2.05) is 0 Å². The van der Waals surface area contributed by atoms with Crippen molar-refractivity contribution < 1.29 is 4.42 Å². The van der Waals surface area contributed by atoms with Crippen molar-refractivity contribution >= 4 is 86.8 Å². The van der Waals surface area contributed by atoms with Gasteiger partial charge in [0.1, 0.15) is 11.2 Å². The molecule has 0 fully saturated rings. The molecule has 0 spiro atoms. The lowest BCUT2D eigenvalue weighted by molar-refractivity contribution is 0.669. The van der Waals surface area contributed by atoms with Crippen molar-refractivity contribution in [2.24, 2.45) is 0 Å². The summed E-state index contributed by atoms with van der Waals surface area (Å²) in [5, 5.41) is 14.5. The van der Waals surface area contributed by atoms with Gasteiger partial charge >= 0.3 is 0 Å². The molecule has 0 aliphatic carbocycles. The van der Waals surface area contributed by atoms with Crippen LogP contribution < -0.4 is 0 Å². The van der Waals surface area contributed by atoms with Crippen LogP contribution in [0.2, 0.25) is 0 Å². The third-order valence-electron chi connectivity index (χ3n) is 14.0. The van der Waals surface area contributed by atoms with Crippen LogP contribution in [0.1, 0.15) is 0 Å². The Morgan fingerprint density at radius 1 is 0.258 bits per heavy atom. The maximum absolute atomic E-state index is 6.79. The summed E-state index contributed by atoms with van der Waals surface area (Å²) in [4.78, 5) is 0. The monoisotopic (exact) mass is 837 g/mol. The number of para-hydroxylation sites is 3. The molecule has 14 aromatic rings. The molecule has 0 amide bonds. The average Bonchev–Trinajstić information content (AvgIpc) is 3.93. The van der Waals surface area contributed by atoms with Crippen molar-refractivity contribution in [1.29, 1.82) is 0 Å². The number of aromatic nitrogens is 1. The summed E-state index contributed by atoms with van der Waals surface area (Å²) >= 11 is 0. The Kier molecular flexibility index (Phi) is 8.02. The molecule has 0 atom stereocenters. The highest BCUT2D eigenvalue weighted by Crippen LogP contribution is 2.49. The second-order valence-corrected chi connectivity index (χ2v) is 17.5. The molecule has 2 aromatic heterocycles. The van der Waals surface area contributed by atoms with Crippen LogP contribution in [0.3, 0.4) is 0 Å². The fraction of sp³-hybridized carbons (Fsp3) is 0. The topological polar surface area (TPSA) is 18.1 Å². The summed E-state index contributed by atoms with van der Waals surface area (Å²) < 4.78 is 9.24. The van der Waals surface area contributed by atoms with Crippen LogP contribution >= 0.6 is 0 Å². The van der Waals surface area contributed by atoms with Crippen LogP contribution in [0.25, 0.3) is 137 Å². The van der Waals surface area contributed by atoms with Gasteiger partial charge in [0.2, 0.25) is 0 Å². The van der Waals surface area contributed by atoms with Crippen molar-refractivity contribution in [3.63, 3.8) is 0 Å². The van der Waals surface area contributed by atoms with E-state index in [9.17, 15) is 0 Å². The quantitative estimate of drug-likeness (QED) is 0.158. The standard InChI is InChI=1S/C64H39NO/c1-3-18-40(19-4-1)60-46-23-7-9-25-48(46)62(49-26-10-8-24-47(49)60)42-34-36-45-56-38-41(35-37-58(56)66-59(45)39-42)61-50-27-11-13-29-52(50)63(53-30-14-12-28-51(53)61)55-32-17-31-54-44-22-15-16-33-57(44)65(64(54)55)43-20-5-2-6-21-43/h1-39H. The maximum Gasteiger partial charge on any atom is 0.136 e. The Hall–Kier alpha value is -8.72. The number of fused-ring (bicyclic) bond motifs is 10. The number of benzene rings is 12. The van der Waals surface area contributed by atoms with Gasteiger partial charge < -0.3 is 8.98 Å². The maximum atomic E-state index is 6.79. The molecular weight excluding hydrogens is 799 g/mol. The second kappa shape index (κ2) is 14.4. The number of furan rings is 1. The summed E-state index contributed by atoms with van der Waals surface area (Å²) in [6.07, 6.45) is 0. The van der Waals surface area contributed by atoms with E-state index in [0.29, 0.717) is 0 Å². The van der Waals surface area contributed by atoms with E-state index in [1.165, 1.54) is 104 Å². The first-order valence-electron chi connectivity index (χ1n) is 22.8. The smallest absolute Gasteiger partial charge is 0.136 e. The fourth-order valence-corrected chi connectivity index (χ4v) is 11.2. The number of rotatable bonds is 5. The second-order valence-electron chi connectivity index (χ2n) is 17.5. The van der Waals surface area contributed by atoms with Crippen molar-refractivity contribution in [2.75, 3.05) is 0 Å². The van der Waals surface area contributed by atoms with Crippen molar-refractivity contribution in [1.82, 2.24) is 4.57 Å². The van der Waals surface area contributed by atoms with Gasteiger partial charge in [-0.15, -0.1) is 0 Å². The van der Waals surface area contributed by atoms with Gasteiger partial charge in [-0.05, 0) is 124 Å². The lowest BCUT2D eigenvalue weighted by atomic mass is 9.85. The molecule has 0 aliphatic rings. The molecule has 14 rings (SSSR count). The highest BCUT2D eigenvalue weighted by atomic mass is 16.3. The van der Waals surface area contributed by atoms with Crippen molar-refractivity contribution in [3.05, 3.63) is 237 Å². The molecule has 2 heterocycles. The minimum Gasteiger partial charge on any atom is -0.456 e. The van der Waals surface area contributed by atoms with Gasteiger partial charge in [0.05, 0.1) is 11.0 Å². The molecule has 0 saturated carbocycles. The highest BCUT2D eigenvalue weighted by Gasteiger charge is 2.23. The summed E-state index contributed by atoms with van der Waals surface area (Å²) in [5.41, 5.74) is 15.0. The van der Waals surface area contributed by atoms with E-state index < -0.39 is 0 Å². The van der Waals surface area contributed by atoms with Crippen LogP contribution in [-0.4, -0.2) is 4.57 Å². The molecule has 306 valence electrons. The fourth-order valence-electron chi connectivity index (χ4n) is 11.2. The highest BCUT2D eigenvalue weighted by molar-refractivity contribution is 6.26. The largest absolute Gasteiger partial charge is 0.456 e. The van der Waals surface area contributed by atoms with Crippen LogP contribution in [0.5, 0.6) is 0 Å².